The second-order valence-corrected chi connectivity index (χ2v) is 9.16. The van der Waals surface area contributed by atoms with Crippen molar-refractivity contribution in [3.63, 3.8) is 0 Å². The maximum Gasteiger partial charge on any atom is 0.306 e. The van der Waals surface area contributed by atoms with E-state index in [0.717, 1.165) is 5.57 Å². The molecule has 162 valence electrons. The van der Waals surface area contributed by atoms with Gasteiger partial charge in [-0.1, -0.05) is 27.7 Å². The van der Waals surface area contributed by atoms with Crippen molar-refractivity contribution in [3.8, 4) is 0 Å². The summed E-state index contributed by atoms with van der Waals surface area (Å²) < 4.78 is 22.9. The van der Waals surface area contributed by atoms with Gasteiger partial charge in [0.05, 0.1) is 12.9 Å². The van der Waals surface area contributed by atoms with Gasteiger partial charge in [0.15, 0.2) is 0 Å². The number of fused-ring (bicyclic) bond motifs is 2. The van der Waals surface area contributed by atoms with E-state index in [2.05, 4.69) is 0 Å². The molecule has 0 aromatic heterocycles. The standard InChI is InChI=1S/C22H32O7/c1-12(2)6-20(25)29-19-7-16-15(9-26-14(5)23)10-27-18(8-17(24)13(3)4)21(16)22(19)11-28-22/h10,12-13,16,18-19,21H,6-9,11H2,1-5H3. The van der Waals surface area contributed by atoms with Gasteiger partial charge in [0.1, 0.15) is 30.2 Å². The van der Waals surface area contributed by atoms with E-state index in [-0.39, 0.29) is 66.6 Å². The summed E-state index contributed by atoms with van der Waals surface area (Å²) in [6.07, 6.45) is 2.11. The Bertz CT molecular complexity index is 689. The van der Waals surface area contributed by atoms with Crippen molar-refractivity contribution in [3.05, 3.63) is 11.8 Å². The summed E-state index contributed by atoms with van der Waals surface area (Å²) in [5.74, 6) is -0.483. The fourth-order valence-corrected chi connectivity index (χ4v) is 4.52. The Hall–Kier alpha value is -1.89. The van der Waals surface area contributed by atoms with Crippen molar-refractivity contribution in [2.45, 2.75) is 71.7 Å². The topological polar surface area (TPSA) is 91.4 Å². The molecule has 5 unspecified atom stereocenters. The Morgan fingerprint density at radius 1 is 1.24 bits per heavy atom. The van der Waals surface area contributed by atoms with Gasteiger partial charge in [-0.3, -0.25) is 14.4 Å². The largest absolute Gasteiger partial charge is 0.497 e. The summed E-state index contributed by atoms with van der Waals surface area (Å²) in [4.78, 5) is 36.0. The lowest BCUT2D eigenvalue weighted by Crippen LogP contribution is -2.44. The van der Waals surface area contributed by atoms with Crippen LogP contribution in [-0.2, 0) is 33.3 Å². The molecular formula is C22H32O7. The molecule has 0 radical (unpaired) electrons. The van der Waals surface area contributed by atoms with Crippen LogP contribution in [0.2, 0.25) is 0 Å². The number of carbonyl (C=O) groups excluding carboxylic acids is 3. The second kappa shape index (κ2) is 8.46. The van der Waals surface area contributed by atoms with Gasteiger partial charge in [0, 0.05) is 37.2 Å². The summed E-state index contributed by atoms with van der Waals surface area (Å²) >= 11 is 0. The zero-order valence-electron chi connectivity index (χ0n) is 17.9. The smallest absolute Gasteiger partial charge is 0.306 e. The van der Waals surface area contributed by atoms with Crippen molar-refractivity contribution in [2.24, 2.45) is 23.7 Å². The first-order valence-electron chi connectivity index (χ1n) is 10.5. The minimum atomic E-state index is -0.616. The van der Waals surface area contributed by atoms with Crippen molar-refractivity contribution in [2.75, 3.05) is 13.2 Å². The van der Waals surface area contributed by atoms with Crippen LogP contribution in [0, 0.1) is 23.7 Å². The van der Waals surface area contributed by atoms with Gasteiger partial charge in [-0.15, -0.1) is 0 Å². The van der Waals surface area contributed by atoms with E-state index in [0.29, 0.717) is 19.4 Å². The zero-order chi connectivity index (χ0) is 21.3. The highest BCUT2D eigenvalue weighted by atomic mass is 16.6. The van der Waals surface area contributed by atoms with Gasteiger partial charge >= 0.3 is 11.9 Å². The summed E-state index contributed by atoms with van der Waals surface area (Å²) in [6.45, 7) is 9.66. The van der Waals surface area contributed by atoms with Crippen LogP contribution in [0.25, 0.3) is 0 Å². The van der Waals surface area contributed by atoms with Crippen molar-refractivity contribution in [1.82, 2.24) is 0 Å². The summed E-state index contributed by atoms with van der Waals surface area (Å²) in [5, 5.41) is 0. The van der Waals surface area contributed by atoms with E-state index in [4.69, 9.17) is 18.9 Å². The minimum Gasteiger partial charge on any atom is -0.497 e. The lowest BCUT2D eigenvalue weighted by molar-refractivity contribution is -0.153. The number of hydrogen-bond acceptors (Lipinski definition) is 7. The van der Waals surface area contributed by atoms with Gasteiger partial charge < -0.3 is 18.9 Å². The highest BCUT2D eigenvalue weighted by Crippen LogP contribution is 2.58. The highest BCUT2D eigenvalue weighted by molar-refractivity contribution is 5.80. The molecule has 7 heteroatoms. The normalized spacial score (nSPS) is 32.6. The molecule has 7 nitrogen and oxygen atoms in total. The molecule has 0 N–H and O–H groups in total. The third-order valence-electron chi connectivity index (χ3n) is 6.10. The molecule has 0 aromatic rings. The quantitative estimate of drug-likeness (QED) is 0.450. The lowest BCUT2D eigenvalue weighted by Gasteiger charge is -2.36. The molecule has 1 aliphatic carbocycles. The molecule has 2 heterocycles. The molecule has 29 heavy (non-hydrogen) atoms. The maximum atomic E-state index is 12.4. The fraction of sp³-hybridized carbons (Fsp3) is 0.773. The molecule has 3 aliphatic rings. The zero-order valence-corrected chi connectivity index (χ0v) is 17.9. The van der Waals surface area contributed by atoms with Crippen molar-refractivity contribution >= 4 is 17.7 Å². The molecule has 1 saturated heterocycles. The van der Waals surface area contributed by atoms with Crippen LogP contribution in [0.15, 0.2) is 11.8 Å². The van der Waals surface area contributed by atoms with Crippen LogP contribution in [0.5, 0.6) is 0 Å². The lowest BCUT2D eigenvalue weighted by atomic mass is 9.77. The van der Waals surface area contributed by atoms with E-state index < -0.39 is 5.60 Å². The number of ether oxygens (including phenoxy) is 4. The Labute approximate surface area is 172 Å². The van der Waals surface area contributed by atoms with Gasteiger partial charge in [-0.05, 0) is 18.3 Å². The van der Waals surface area contributed by atoms with Gasteiger partial charge in [-0.2, -0.15) is 0 Å². The predicted octanol–water partition coefficient (Wildman–Crippen LogP) is 2.81. The first-order valence-corrected chi connectivity index (χ1v) is 10.5. The third-order valence-corrected chi connectivity index (χ3v) is 6.10. The molecule has 2 fully saturated rings. The first kappa shape index (κ1) is 21.8. The van der Waals surface area contributed by atoms with E-state index in [1.54, 1.807) is 6.26 Å². The van der Waals surface area contributed by atoms with Crippen LogP contribution < -0.4 is 0 Å². The minimum absolute atomic E-state index is 0.0209. The number of rotatable bonds is 8. The van der Waals surface area contributed by atoms with Crippen molar-refractivity contribution < 1.29 is 33.3 Å². The number of esters is 2. The molecule has 0 bridgehead atoms. The molecule has 1 saturated carbocycles. The Kier molecular flexibility index (Phi) is 6.36. The summed E-state index contributed by atoms with van der Waals surface area (Å²) in [7, 11) is 0. The fourth-order valence-electron chi connectivity index (χ4n) is 4.52. The van der Waals surface area contributed by atoms with Crippen LogP contribution >= 0.6 is 0 Å². The molecule has 3 rings (SSSR count). The third kappa shape index (κ3) is 4.65. The number of Topliss-reactive ketones (excluding diaryl/α,β-unsaturated/α-hetero) is 1. The SMILES string of the molecule is CC(=O)OCC1=COC(CC(=O)C(C)C)C2C1CC(OC(=O)CC(C)C)C21CO1. The van der Waals surface area contributed by atoms with E-state index in [1.165, 1.54) is 6.92 Å². The van der Waals surface area contributed by atoms with Crippen molar-refractivity contribution in [1.29, 1.82) is 0 Å². The van der Waals surface area contributed by atoms with E-state index in [1.807, 2.05) is 27.7 Å². The number of ketones is 1. The first-order chi connectivity index (χ1) is 13.6. The van der Waals surface area contributed by atoms with E-state index in [9.17, 15) is 14.4 Å². The Morgan fingerprint density at radius 2 is 1.93 bits per heavy atom. The molecular weight excluding hydrogens is 376 g/mol. The summed E-state index contributed by atoms with van der Waals surface area (Å²) in [5.41, 5.74) is 0.227. The second-order valence-electron chi connectivity index (χ2n) is 9.16. The van der Waals surface area contributed by atoms with Crippen LogP contribution in [-0.4, -0.2) is 48.7 Å². The molecule has 0 amide bonds. The molecule has 2 aliphatic heterocycles. The van der Waals surface area contributed by atoms with E-state index >= 15 is 0 Å². The maximum absolute atomic E-state index is 12.4. The van der Waals surface area contributed by atoms with Crippen LogP contribution in [0.3, 0.4) is 0 Å². The van der Waals surface area contributed by atoms with Gasteiger partial charge in [-0.25, -0.2) is 0 Å². The molecule has 1 spiro atoms. The summed E-state index contributed by atoms with van der Waals surface area (Å²) in [6, 6.07) is 0. The molecule has 5 atom stereocenters. The monoisotopic (exact) mass is 408 g/mol. The van der Waals surface area contributed by atoms with Crippen LogP contribution in [0.1, 0.15) is 53.9 Å². The number of epoxide rings is 1. The Balaban J connectivity index is 1.82. The van der Waals surface area contributed by atoms with Crippen LogP contribution in [0.4, 0.5) is 0 Å². The average Bonchev–Trinajstić information content (AvgIpc) is 3.34. The number of hydrogen-bond donors (Lipinski definition) is 0. The Morgan fingerprint density at radius 3 is 2.48 bits per heavy atom. The van der Waals surface area contributed by atoms with Gasteiger partial charge in [0.25, 0.3) is 0 Å². The molecule has 0 aromatic carbocycles. The van der Waals surface area contributed by atoms with Gasteiger partial charge in [0.2, 0.25) is 0 Å². The average molecular weight is 408 g/mol. The predicted molar refractivity (Wildman–Crippen MR) is 104 cm³/mol. The highest BCUT2D eigenvalue weighted by Gasteiger charge is 2.69. The number of carbonyl (C=O) groups is 3.